The van der Waals surface area contributed by atoms with Crippen LogP contribution in [0, 0.1) is 21.8 Å². The van der Waals surface area contributed by atoms with Crippen LogP contribution >= 0.6 is 22.6 Å². The van der Waals surface area contributed by atoms with Crippen LogP contribution in [0.5, 0.6) is 0 Å². The van der Waals surface area contributed by atoms with Crippen molar-refractivity contribution in [2.75, 3.05) is 5.32 Å². The SMILES string of the molecule is Cc1c(I)cnn1CCC(=O)Nc1ccccc1C#N. The Morgan fingerprint density at radius 2 is 2.25 bits per heavy atom. The lowest BCUT2D eigenvalue weighted by Crippen LogP contribution is -2.16. The van der Waals surface area contributed by atoms with Crippen LogP contribution < -0.4 is 5.32 Å². The largest absolute Gasteiger partial charge is 0.325 e. The fourth-order valence-corrected chi connectivity index (χ4v) is 2.16. The third-order valence-corrected chi connectivity index (χ3v) is 3.97. The number of nitrogens with zero attached hydrogens (tertiary/aromatic N) is 3. The van der Waals surface area contributed by atoms with E-state index in [1.807, 2.05) is 6.92 Å². The van der Waals surface area contributed by atoms with E-state index in [1.165, 1.54) is 0 Å². The van der Waals surface area contributed by atoms with Crippen molar-refractivity contribution in [1.29, 1.82) is 5.26 Å². The first kappa shape index (κ1) is 14.5. The van der Waals surface area contributed by atoms with Crippen molar-refractivity contribution in [2.24, 2.45) is 0 Å². The summed E-state index contributed by atoms with van der Waals surface area (Å²) < 4.78 is 2.88. The van der Waals surface area contributed by atoms with Crippen LogP contribution in [0.15, 0.2) is 30.5 Å². The monoisotopic (exact) mass is 380 g/mol. The molecule has 1 heterocycles. The molecule has 2 rings (SSSR count). The molecule has 20 heavy (non-hydrogen) atoms. The number of benzene rings is 1. The fourth-order valence-electron chi connectivity index (χ4n) is 1.76. The number of hydrogen-bond donors (Lipinski definition) is 1. The molecule has 6 heteroatoms. The number of anilines is 1. The number of aryl methyl sites for hydroxylation is 1. The normalized spacial score (nSPS) is 10.1. The van der Waals surface area contributed by atoms with Crippen molar-refractivity contribution in [1.82, 2.24) is 9.78 Å². The minimum Gasteiger partial charge on any atom is -0.325 e. The number of amides is 1. The molecule has 2 aromatic rings. The zero-order valence-electron chi connectivity index (χ0n) is 10.9. The number of carbonyl (C=O) groups excluding carboxylic acids is 1. The van der Waals surface area contributed by atoms with Crippen LogP contribution in [-0.2, 0) is 11.3 Å². The number of carbonyl (C=O) groups is 1. The van der Waals surface area contributed by atoms with Crippen LogP contribution in [0.3, 0.4) is 0 Å². The quantitative estimate of drug-likeness (QED) is 0.830. The van der Waals surface area contributed by atoms with E-state index in [0.29, 0.717) is 24.2 Å². The van der Waals surface area contributed by atoms with Gasteiger partial charge in [-0.3, -0.25) is 9.48 Å². The molecule has 0 aliphatic heterocycles. The molecule has 102 valence electrons. The summed E-state index contributed by atoms with van der Waals surface area (Å²) in [4.78, 5) is 11.9. The Labute approximate surface area is 130 Å². The lowest BCUT2D eigenvalue weighted by molar-refractivity contribution is -0.116. The van der Waals surface area contributed by atoms with Crippen molar-refractivity contribution in [3.8, 4) is 6.07 Å². The molecule has 1 aromatic carbocycles. The Bertz CT molecular complexity index is 672. The standard InChI is InChI=1S/C14H13IN4O/c1-10-12(15)9-17-19(10)7-6-14(20)18-13-5-3-2-4-11(13)8-16/h2-5,9H,6-7H2,1H3,(H,18,20). The summed E-state index contributed by atoms with van der Waals surface area (Å²) in [7, 11) is 0. The molecule has 0 aliphatic rings. The van der Waals surface area contributed by atoms with E-state index < -0.39 is 0 Å². The van der Waals surface area contributed by atoms with E-state index in [9.17, 15) is 4.79 Å². The maximum atomic E-state index is 11.9. The van der Waals surface area contributed by atoms with Gasteiger partial charge < -0.3 is 5.32 Å². The first-order chi connectivity index (χ1) is 9.61. The first-order valence-electron chi connectivity index (χ1n) is 6.08. The van der Waals surface area contributed by atoms with Gasteiger partial charge >= 0.3 is 0 Å². The van der Waals surface area contributed by atoms with Crippen molar-refractivity contribution < 1.29 is 4.79 Å². The van der Waals surface area contributed by atoms with Gasteiger partial charge in [-0.05, 0) is 41.6 Å². The fraction of sp³-hybridized carbons (Fsp3) is 0.214. The number of rotatable bonds is 4. The van der Waals surface area contributed by atoms with Crippen molar-refractivity contribution in [3.63, 3.8) is 0 Å². The highest BCUT2D eigenvalue weighted by Crippen LogP contribution is 2.14. The predicted octanol–water partition coefficient (Wildman–Crippen LogP) is 2.70. The van der Waals surface area contributed by atoms with Crippen LogP contribution in [0.2, 0.25) is 0 Å². The molecule has 0 saturated carbocycles. The van der Waals surface area contributed by atoms with E-state index in [-0.39, 0.29) is 5.91 Å². The van der Waals surface area contributed by atoms with Gasteiger partial charge in [0.25, 0.3) is 0 Å². The number of nitrogens with one attached hydrogen (secondary N) is 1. The summed E-state index contributed by atoms with van der Waals surface area (Å²) in [6.45, 7) is 2.49. The van der Waals surface area contributed by atoms with E-state index >= 15 is 0 Å². The van der Waals surface area contributed by atoms with Gasteiger partial charge in [0.2, 0.25) is 5.91 Å². The summed E-state index contributed by atoms with van der Waals surface area (Å²) in [5.74, 6) is -0.127. The van der Waals surface area contributed by atoms with E-state index in [1.54, 1.807) is 35.1 Å². The van der Waals surface area contributed by atoms with Crippen LogP contribution in [0.25, 0.3) is 0 Å². The number of hydrogen-bond acceptors (Lipinski definition) is 3. The molecule has 0 bridgehead atoms. The lowest BCUT2D eigenvalue weighted by Gasteiger charge is -2.07. The molecule has 0 spiro atoms. The summed E-state index contributed by atoms with van der Waals surface area (Å²) in [5, 5.41) is 15.9. The molecule has 0 atom stereocenters. The molecule has 0 fully saturated rings. The third kappa shape index (κ3) is 3.36. The topological polar surface area (TPSA) is 70.7 Å². The Hall–Kier alpha value is -1.88. The minimum atomic E-state index is -0.127. The summed E-state index contributed by atoms with van der Waals surface area (Å²) in [5.41, 5.74) is 2.06. The third-order valence-electron chi connectivity index (χ3n) is 2.92. The summed E-state index contributed by atoms with van der Waals surface area (Å²) in [6, 6.07) is 9.01. The van der Waals surface area contributed by atoms with Gasteiger partial charge in [-0.2, -0.15) is 10.4 Å². The average Bonchev–Trinajstić information content (AvgIpc) is 2.77. The Morgan fingerprint density at radius 1 is 1.50 bits per heavy atom. The smallest absolute Gasteiger partial charge is 0.226 e. The molecule has 1 aromatic heterocycles. The highest BCUT2D eigenvalue weighted by atomic mass is 127. The molecule has 0 saturated heterocycles. The van der Waals surface area contributed by atoms with Gasteiger partial charge in [0.1, 0.15) is 6.07 Å². The van der Waals surface area contributed by atoms with Gasteiger partial charge in [-0.1, -0.05) is 12.1 Å². The maximum absolute atomic E-state index is 11.9. The van der Waals surface area contributed by atoms with Gasteiger partial charge in [-0.15, -0.1) is 0 Å². The molecule has 1 amide bonds. The number of nitriles is 1. The van der Waals surface area contributed by atoms with E-state index in [2.05, 4.69) is 39.1 Å². The predicted molar refractivity (Wildman–Crippen MR) is 84.1 cm³/mol. The van der Waals surface area contributed by atoms with Crippen LogP contribution in [-0.4, -0.2) is 15.7 Å². The molecule has 5 nitrogen and oxygen atoms in total. The van der Waals surface area contributed by atoms with Crippen molar-refractivity contribution in [3.05, 3.63) is 45.3 Å². The van der Waals surface area contributed by atoms with Gasteiger partial charge in [0.15, 0.2) is 0 Å². The molecular formula is C14H13IN4O. The maximum Gasteiger partial charge on any atom is 0.226 e. The highest BCUT2D eigenvalue weighted by molar-refractivity contribution is 14.1. The molecule has 0 unspecified atom stereocenters. The van der Waals surface area contributed by atoms with Gasteiger partial charge in [-0.25, -0.2) is 0 Å². The van der Waals surface area contributed by atoms with Crippen LogP contribution in [0.4, 0.5) is 5.69 Å². The average molecular weight is 380 g/mol. The Morgan fingerprint density at radius 3 is 2.90 bits per heavy atom. The van der Waals surface area contributed by atoms with E-state index in [4.69, 9.17) is 5.26 Å². The van der Waals surface area contributed by atoms with Crippen molar-refractivity contribution in [2.45, 2.75) is 19.9 Å². The second-order valence-corrected chi connectivity index (χ2v) is 5.42. The highest BCUT2D eigenvalue weighted by Gasteiger charge is 2.08. The molecule has 0 radical (unpaired) electrons. The molecular weight excluding hydrogens is 367 g/mol. The Kier molecular flexibility index (Phi) is 4.74. The minimum absolute atomic E-state index is 0.127. The summed E-state index contributed by atoms with van der Waals surface area (Å²) >= 11 is 2.21. The first-order valence-corrected chi connectivity index (χ1v) is 7.16. The number of aromatic nitrogens is 2. The number of halogens is 1. The molecule has 0 aliphatic carbocycles. The zero-order chi connectivity index (χ0) is 14.5. The van der Waals surface area contributed by atoms with E-state index in [0.717, 1.165) is 9.26 Å². The zero-order valence-corrected chi connectivity index (χ0v) is 13.1. The molecule has 1 N–H and O–H groups in total. The second-order valence-electron chi connectivity index (χ2n) is 4.26. The van der Waals surface area contributed by atoms with Crippen molar-refractivity contribution >= 4 is 34.2 Å². The number of para-hydroxylation sites is 1. The van der Waals surface area contributed by atoms with Gasteiger partial charge in [0.05, 0.1) is 27.6 Å². The Balaban J connectivity index is 1.96. The lowest BCUT2D eigenvalue weighted by atomic mass is 10.2. The van der Waals surface area contributed by atoms with Gasteiger partial charge in [0, 0.05) is 12.1 Å². The second kappa shape index (κ2) is 6.52. The van der Waals surface area contributed by atoms with Crippen LogP contribution in [0.1, 0.15) is 17.7 Å². The summed E-state index contributed by atoms with van der Waals surface area (Å²) in [6.07, 6.45) is 2.09.